The lowest BCUT2D eigenvalue weighted by atomic mass is 10.4. The molecule has 1 aliphatic heterocycles. The van der Waals surface area contributed by atoms with Gasteiger partial charge in [-0.25, -0.2) is 4.79 Å². The molecular formula is C8H12N4O2. The summed E-state index contributed by atoms with van der Waals surface area (Å²) in [5, 5.41) is 11.3. The number of hydrogen-bond donors (Lipinski definition) is 2. The van der Waals surface area contributed by atoms with E-state index in [1.54, 1.807) is 6.07 Å². The average Bonchev–Trinajstić information content (AvgIpc) is 2.19. The molecule has 0 aromatic heterocycles. The number of ether oxygens (including phenoxy) is 1. The molecule has 76 valence electrons. The van der Waals surface area contributed by atoms with E-state index in [0.717, 1.165) is 19.2 Å². The van der Waals surface area contributed by atoms with Gasteiger partial charge in [0.05, 0.1) is 12.1 Å². The smallest absolute Gasteiger partial charge is 0.393 e. The topological polar surface area (TPSA) is 91.4 Å². The first-order valence-corrected chi connectivity index (χ1v) is 4.27. The Hall–Kier alpha value is -1.74. The molecule has 0 radical (unpaired) electrons. The lowest BCUT2D eigenvalue weighted by Crippen LogP contribution is -2.46. The number of piperazine rings is 1. The number of carbonyl (C=O) groups excluding carboxylic acids is 1. The highest BCUT2D eigenvalue weighted by Crippen LogP contribution is 1.99. The summed E-state index contributed by atoms with van der Waals surface area (Å²) in [5.74, 6) is -0.170. The minimum atomic E-state index is -0.504. The molecule has 3 N–H and O–H groups in total. The number of hydrogen-bond acceptors (Lipinski definition) is 5. The summed E-state index contributed by atoms with van der Waals surface area (Å²) in [6.07, 6.45) is 0.482. The van der Waals surface area contributed by atoms with Gasteiger partial charge in [-0.2, -0.15) is 5.26 Å². The Balaban J connectivity index is 2.41. The zero-order valence-corrected chi connectivity index (χ0v) is 7.69. The first-order chi connectivity index (χ1) is 6.74. The number of nitrogens with two attached hydrogens (primary N) is 1. The van der Waals surface area contributed by atoms with Crippen LogP contribution in [0, 0.1) is 11.3 Å². The molecule has 1 aliphatic rings. The molecule has 6 nitrogen and oxygen atoms in total. The second kappa shape index (κ2) is 5.09. The van der Waals surface area contributed by atoms with Gasteiger partial charge < -0.3 is 20.7 Å². The van der Waals surface area contributed by atoms with Crippen LogP contribution in [0.15, 0.2) is 12.0 Å². The third-order valence-corrected chi connectivity index (χ3v) is 1.79. The number of allylic oxidation sites excluding steroid dienone is 1. The van der Waals surface area contributed by atoms with Crippen LogP contribution in [0.4, 0.5) is 4.79 Å². The van der Waals surface area contributed by atoms with Crippen LogP contribution in [-0.2, 0) is 4.74 Å². The van der Waals surface area contributed by atoms with Gasteiger partial charge in [0.15, 0.2) is 0 Å². The summed E-state index contributed by atoms with van der Waals surface area (Å²) in [6, 6.07) is 1.68. The molecule has 14 heavy (non-hydrogen) atoms. The third kappa shape index (κ3) is 2.95. The lowest BCUT2D eigenvalue weighted by Gasteiger charge is -2.26. The molecule has 0 aliphatic carbocycles. The Kier molecular flexibility index (Phi) is 3.76. The normalized spacial score (nSPS) is 17.4. The zero-order chi connectivity index (χ0) is 10.4. The van der Waals surface area contributed by atoms with E-state index in [4.69, 9.17) is 15.7 Å². The minimum absolute atomic E-state index is 0.170. The van der Waals surface area contributed by atoms with Gasteiger partial charge in [-0.1, -0.05) is 0 Å². The van der Waals surface area contributed by atoms with Gasteiger partial charge in [-0.3, -0.25) is 0 Å². The van der Waals surface area contributed by atoms with Crippen LogP contribution in [0.2, 0.25) is 0 Å². The molecule has 0 atom stereocenters. The minimum Gasteiger partial charge on any atom is -0.393 e. The fraction of sp³-hybridized carbons (Fsp3) is 0.500. The van der Waals surface area contributed by atoms with Gasteiger partial charge >= 0.3 is 6.09 Å². The Morgan fingerprint density at radius 1 is 1.57 bits per heavy atom. The van der Waals surface area contributed by atoms with Crippen molar-refractivity contribution in [1.29, 1.82) is 5.26 Å². The second-order valence-electron chi connectivity index (χ2n) is 2.78. The second-order valence-corrected chi connectivity index (χ2v) is 2.78. The molecule has 0 unspecified atom stereocenters. The molecule has 0 bridgehead atoms. The van der Waals surface area contributed by atoms with Crippen LogP contribution < -0.4 is 11.1 Å². The highest BCUT2D eigenvalue weighted by molar-refractivity contribution is 5.68. The quantitative estimate of drug-likeness (QED) is 0.429. The van der Waals surface area contributed by atoms with Crippen molar-refractivity contribution < 1.29 is 9.53 Å². The molecular weight excluding hydrogens is 184 g/mol. The molecule has 1 heterocycles. The van der Waals surface area contributed by atoms with Gasteiger partial charge in [-0.15, -0.1) is 0 Å². The van der Waals surface area contributed by atoms with Crippen LogP contribution in [-0.4, -0.2) is 37.2 Å². The van der Waals surface area contributed by atoms with E-state index in [9.17, 15) is 4.79 Å². The predicted molar refractivity (Wildman–Crippen MR) is 48.8 cm³/mol. The summed E-state index contributed by atoms with van der Waals surface area (Å²) < 4.78 is 4.71. The van der Waals surface area contributed by atoms with E-state index in [0.29, 0.717) is 13.1 Å². The van der Waals surface area contributed by atoms with E-state index in [2.05, 4.69) is 5.32 Å². The van der Waals surface area contributed by atoms with Crippen molar-refractivity contribution in [2.45, 2.75) is 0 Å². The van der Waals surface area contributed by atoms with Crippen molar-refractivity contribution in [3.63, 3.8) is 0 Å². The lowest BCUT2D eigenvalue weighted by molar-refractivity contribution is 0.122. The molecule has 6 heteroatoms. The molecule has 0 aromatic carbocycles. The number of carbonyl (C=O) groups is 1. The van der Waals surface area contributed by atoms with Gasteiger partial charge in [0, 0.05) is 26.2 Å². The first kappa shape index (κ1) is 10.3. The monoisotopic (exact) mass is 196 g/mol. The Morgan fingerprint density at radius 3 is 2.79 bits per heavy atom. The molecule has 1 fully saturated rings. The molecule has 0 saturated carbocycles. The Bertz CT molecular complexity index is 276. The average molecular weight is 196 g/mol. The van der Waals surface area contributed by atoms with Crippen molar-refractivity contribution in [3.05, 3.63) is 12.0 Å². The highest BCUT2D eigenvalue weighted by atomic mass is 16.6. The van der Waals surface area contributed by atoms with Crippen molar-refractivity contribution in [2.24, 2.45) is 5.73 Å². The first-order valence-electron chi connectivity index (χ1n) is 4.27. The van der Waals surface area contributed by atoms with Crippen molar-refractivity contribution in [2.75, 3.05) is 26.2 Å². The van der Waals surface area contributed by atoms with Gasteiger partial charge in [-0.05, 0) is 0 Å². The van der Waals surface area contributed by atoms with Gasteiger partial charge in [0.1, 0.15) is 0 Å². The Morgan fingerprint density at radius 2 is 2.21 bits per heavy atom. The van der Waals surface area contributed by atoms with E-state index < -0.39 is 6.09 Å². The summed E-state index contributed by atoms with van der Waals surface area (Å²) in [4.78, 5) is 12.9. The van der Waals surface area contributed by atoms with Gasteiger partial charge in [0.2, 0.25) is 5.88 Å². The number of nitriles is 1. The largest absolute Gasteiger partial charge is 0.416 e. The van der Waals surface area contributed by atoms with Crippen LogP contribution >= 0.6 is 0 Å². The maximum Gasteiger partial charge on any atom is 0.416 e. The van der Waals surface area contributed by atoms with Crippen LogP contribution in [0.1, 0.15) is 0 Å². The van der Waals surface area contributed by atoms with E-state index in [1.807, 2.05) is 0 Å². The number of nitrogens with zero attached hydrogens (tertiary/aromatic N) is 2. The zero-order valence-electron chi connectivity index (χ0n) is 7.69. The summed E-state index contributed by atoms with van der Waals surface area (Å²) in [7, 11) is 0. The fourth-order valence-electron chi connectivity index (χ4n) is 1.11. The van der Waals surface area contributed by atoms with E-state index in [1.165, 1.54) is 4.90 Å². The molecule has 1 saturated heterocycles. The molecule has 1 amide bonds. The molecule has 1 rings (SSSR count). The number of nitrogens with one attached hydrogen (secondary N) is 1. The van der Waals surface area contributed by atoms with Crippen LogP contribution in [0.25, 0.3) is 0 Å². The molecule has 0 spiro atoms. The third-order valence-electron chi connectivity index (χ3n) is 1.79. The summed E-state index contributed by atoms with van der Waals surface area (Å²) >= 11 is 0. The van der Waals surface area contributed by atoms with Crippen LogP contribution in [0.5, 0.6) is 0 Å². The standard InChI is InChI=1S/C8H12N4O2/c9-2-1-7(10)14-8(13)12-5-3-11-4-6-12/h1,11H,3-6,10H2. The Labute approximate surface area is 81.9 Å². The number of rotatable bonds is 1. The summed E-state index contributed by atoms with van der Waals surface area (Å²) in [5.41, 5.74) is 5.25. The number of amides is 1. The highest BCUT2D eigenvalue weighted by Gasteiger charge is 2.17. The maximum atomic E-state index is 11.3. The fourth-order valence-corrected chi connectivity index (χ4v) is 1.11. The van der Waals surface area contributed by atoms with Crippen molar-refractivity contribution >= 4 is 6.09 Å². The summed E-state index contributed by atoms with van der Waals surface area (Å²) in [6.45, 7) is 2.69. The predicted octanol–water partition coefficient (Wildman–Crippen LogP) is -0.648. The van der Waals surface area contributed by atoms with E-state index in [-0.39, 0.29) is 5.88 Å². The van der Waals surface area contributed by atoms with Crippen molar-refractivity contribution in [1.82, 2.24) is 10.2 Å². The maximum absolute atomic E-state index is 11.3. The van der Waals surface area contributed by atoms with Crippen LogP contribution in [0.3, 0.4) is 0 Å². The van der Waals surface area contributed by atoms with Crippen molar-refractivity contribution in [3.8, 4) is 6.07 Å². The molecule has 0 aromatic rings. The SMILES string of the molecule is N#CC=C(N)OC(=O)N1CCNCC1. The van der Waals surface area contributed by atoms with Gasteiger partial charge in [0.25, 0.3) is 0 Å². The van der Waals surface area contributed by atoms with E-state index >= 15 is 0 Å².